The van der Waals surface area contributed by atoms with Gasteiger partial charge in [-0.15, -0.1) is 0 Å². The standard InChI is InChI=1S/C27H32N4O4/c1-3-22(32)13-14-28-17-20-9-5-4-8-19(20)12-15-29-25(33)27(2,31-26(34)35)16-21-18-30-24-11-7-6-10-23(21)24/h4-11,13-14,18,28,30-31H,3,12,15-17H2,1-2H3,(H,29,33)(H,34,35). The molecule has 0 saturated carbocycles. The highest BCUT2D eigenvalue weighted by Crippen LogP contribution is 2.23. The number of amides is 2. The number of carbonyl (C=O) groups excluding carboxylic acids is 2. The van der Waals surface area contributed by atoms with Gasteiger partial charge < -0.3 is 26.0 Å². The van der Waals surface area contributed by atoms with Crippen LogP contribution in [0.3, 0.4) is 0 Å². The molecule has 1 heterocycles. The highest BCUT2D eigenvalue weighted by atomic mass is 16.4. The molecule has 1 aromatic heterocycles. The number of aromatic nitrogens is 1. The molecule has 5 N–H and O–H groups in total. The number of para-hydroxylation sites is 1. The smallest absolute Gasteiger partial charge is 0.405 e. The van der Waals surface area contributed by atoms with Gasteiger partial charge in [0.2, 0.25) is 5.91 Å². The number of nitrogens with one attached hydrogen (secondary N) is 4. The summed E-state index contributed by atoms with van der Waals surface area (Å²) in [5, 5.41) is 18.8. The third-order valence-electron chi connectivity index (χ3n) is 5.93. The van der Waals surface area contributed by atoms with E-state index in [1.54, 1.807) is 13.1 Å². The number of aromatic amines is 1. The van der Waals surface area contributed by atoms with Crippen LogP contribution in [0.5, 0.6) is 0 Å². The van der Waals surface area contributed by atoms with Crippen LogP contribution in [0, 0.1) is 0 Å². The van der Waals surface area contributed by atoms with E-state index in [0.29, 0.717) is 25.9 Å². The molecule has 0 bridgehead atoms. The lowest BCUT2D eigenvalue weighted by Gasteiger charge is -2.28. The van der Waals surface area contributed by atoms with Crippen LogP contribution in [0.15, 0.2) is 67.0 Å². The minimum absolute atomic E-state index is 0.0548. The first kappa shape index (κ1) is 25.6. The number of allylic oxidation sites excluding steroid dienone is 1. The van der Waals surface area contributed by atoms with Crippen molar-refractivity contribution in [1.82, 2.24) is 20.9 Å². The normalized spacial score (nSPS) is 12.9. The van der Waals surface area contributed by atoms with Gasteiger partial charge in [-0.1, -0.05) is 49.4 Å². The molecule has 0 aliphatic rings. The molecule has 0 aliphatic heterocycles. The number of hydrogen-bond acceptors (Lipinski definition) is 4. The van der Waals surface area contributed by atoms with E-state index < -0.39 is 11.6 Å². The van der Waals surface area contributed by atoms with Crippen molar-refractivity contribution in [2.75, 3.05) is 6.54 Å². The van der Waals surface area contributed by atoms with Gasteiger partial charge in [-0.25, -0.2) is 4.79 Å². The summed E-state index contributed by atoms with van der Waals surface area (Å²) in [5.41, 5.74) is 2.56. The van der Waals surface area contributed by atoms with E-state index in [1.807, 2.05) is 61.7 Å². The van der Waals surface area contributed by atoms with Gasteiger partial charge in [0.25, 0.3) is 0 Å². The maximum absolute atomic E-state index is 13.1. The van der Waals surface area contributed by atoms with Crippen molar-refractivity contribution in [3.8, 4) is 0 Å². The van der Waals surface area contributed by atoms with E-state index in [2.05, 4.69) is 20.9 Å². The van der Waals surface area contributed by atoms with E-state index in [9.17, 15) is 19.5 Å². The first-order valence-corrected chi connectivity index (χ1v) is 11.7. The predicted molar refractivity (Wildman–Crippen MR) is 136 cm³/mol. The highest BCUT2D eigenvalue weighted by molar-refractivity contribution is 5.91. The molecule has 3 aromatic rings. The Labute approximate surface area is 204 Å². The number of carboxylic acid groups (broad SMARTS) is 1. The molecule has 1 unspecified atom stereocenters. The second-order valence-corrected chi connectivity index (χ2v) is 8.61. The molecule has 0 radical (unpaired) electrons. The second kappa shape index (κ2) is 11.9. The van der Waals surface area contributed by atoms with Gasteiger partial charge in [0.05, 0.1) is 0 Å². The Bertz CT molecular complexity index is 1220. The zero-order valence-electron chi connectivity index (χ0n) is 20.1. The summed E-state index contributed by atoms with van der Waals surface area (Å²) < 4.78 is 0. The van der Waals surface area contributed by atoms with Crippen LogP contribution >= 0.6 is 0 Å². The lowest BCUT2D eigenvalue weighted by Crippen LogP contribution is -2.58. The fraction of sp³-hybridized carbons (Fsp3) is 0.296. The third kappa shape index (κ3) is 6.96. The summed E-state index contributed by atoms with van der Waals surface area (Å²) in [4.78, 5) is 39.2. The lowest BCUT2D eigenvalue weighted by atomic mass is 9.91. The molecule has 2 aromatic carbocycles. The van der Waals surface area contributed by atoms with Gasteiger partial charge in [0, 0.05) is 49.2 Å². The number of ketones is 1. The van der Waals surface area contributed by atoms with Crippen LogP contribution in [0.2, 0.25) is 0 Å². The van der Waals surface area contributed by atoms with E-state index >= 15 is 0 Å². The Morgan fingerprint density at radius 1 is 1.03 bits per heavy atom. The first-order chi connectivity index (χ1) is 16.8. The average molecular weight is 477 g/mol. The molecule has 0 spiro atoms. The first-order valence-electron chi connectivity index (χ1n) is 11.7. The summed E-state index contributed by atoms with van der Waals surface area (Å²) in [5.74, 6) is -0.332. The summed E-state index contributed by atoms with van der Waals surface area (Å²) in [6.07, 6.45) is 4.98. The summed E-state index contributed by atoms with van der Waals surface area (Å²) in [7, 11) is 0. The molecular weight excluding hydrogens is 444 g/mol. The minimum Gasteiger partial charge on any atom is -0.465 e. The van der Waals surface area contributed by atoms with Crippen molar-refractivity contribution in [3.05, 3.63) is 83.7 Å². The third-order valence-corrected chi connectivity index (χ3v) is 5.93. The molecule has 3 rings (SSSR count). The van der Waals surface area contributed by atoms with Crippen molar-refractivity contribution in [1.29, 1.82) is 0 Å². The highest BCUT2D eigenvalue weighted by Gasteiger charge is 2.35. The van der Waals surface area contributed by atoms with Crippen molar-refractivity contribution in [3.63, 3.8) is 0 Å². The van der Waals surface area contributed by atoms with Crippen molar-refractivity contribution in [2.45, 2.75) is 45.2 Å². The van der Waals surface area contributed by atoms with Gasteiger partial charge in [-0.05, 0) is 42.2 Å². The lowest BCUT2D eigenvalue weighted by molar-refractivity contribution is -0.126. The fourth-order valence-electron chi connectivity index (χ4n) is 3.99. The van der Waals surface area contributed by atoms with Crippen LogP contribution in [0.1, 0.15) is 37.0 Å². The molecule has 2 amide bonds. The number of H-pyrrole nitrogens is 1. The zero-order valence-corrected chi connectivity index (χ0v) is 20.1. The quantitative estimate of drug-likeness (QED) is 0.255. The Morgan fingerprint density at radius 3 is 2.49 bits per heavy atom. The number of benzene rings is 2. The molecule has 1 atom stereocenters. The van der Waals surface area contributed by atoms with Gasteiger partial charge in [0.15, 0.2) is 5.78 Å². The summed E-state index contributed by atoms with van der Waals surface area (Å²) in [6, 6.07) is 15.6. The van der Waals surface area contributed by atoms with Crippen LogP contribution in [-0.4, -0.2) is 40.0 Å². The van der Waals surface area contributed by atoms with Crippen LogP contribution in [0.25, 0.3) is 10.9 Å². The fourth-order valence-corrected chi connectivity index (χ4v) is 3.99. The summed E-state index contributed by atoms with van der Waals surface area (Å²) in [6.45, 7) is 4.31. The van der Waals surface area contributed by atoms with Crippen LogP contribution in [0.4, 0.5) is 4.79 Å². The topological polar surface area (TPSA) is 123 Å². The Kier molecular flexibility index (Phi) is 8.67. The van der Waals surface area contributed by atoms with Crippen molar-refractivity contribution >= 4 is 28.7 Å². The Hall–Kier alpha value is -4.07. The van der Waals surface area contributed by atoms with E-state index in [1.165, 1.54) is 6.08 Å². The van der Waals surface area contributed by atoms with Gasteiger partial charge >= 0.3 is 6.09 Å². The zero-order chi connectivity index (χ0) is 25.3. The van der Waals surface area contributed by atoms with Gasteiger partial charge in [-0.2, -0.15) is 0 Å². The molecule has 8 heteroatoms. The largest absolute Gasteiger partial charge is 0.465 e. The van der Waals surface area contributed by atoms with Crippen LogP contribution in [-0.2, 0) is 29.0 Å². The predicted octanol–water partition coefficient (Wildman–Crippen LogP) is 3.68. The SMILES string of the molecule is CCC(=O)C=CNCc1ccccc1CCNC(=O)C(C)(Cc1c[nH]c2ccccc12)NC(=O)O. The van der Waals surface area contributed by atoms with E-state index in [-0.39, 0.29) is 18.1 Å². The van der Waals surface area contributed by atoms with Gasteiger partial charge in [-0.3, -0.25) is 9.59 Å². The van der Waals surface area contributed by atoms with E-state index in [0.717, 1.165) is 27.6 Å². The van der Waals surface area contributed by atoms with Crippen molar-refractivity contribution in [2.24, 2.45) is 0 Å². The number of carbonyl (C=O) groups is 3. The maximum Gasteiger partial charge on any atom is 0.405 e. The second-order valence-electron chi connectivity index (χ2n) is 8.61. The maximum atomic E-state index is 13.1. The summed E-state index contributed by atoms with van der Waals surface area (Å²) >= 11 is 0. The molecule has 8 nitrogen and oxygen atoms in total. The molecular formula is C27H32N4O4. The number of hydrogen-bond donors (Lipinski definition) is 5. The number of rotatable bonds is 12. The minimum atomic E-state index is -1.34. The average Bonchev–Trinajstić information content (AvgIpc) is 3.24. The monoisotopic (exact) mass is 476 g/mol. The molecule has 0 aliphatic carbocycles. The van der Waals surface area contributed by atoms with E-state index in [4.69, 9.17) is 0 Å². The Balaban J connectivity index is 1.64. The van der Waals surface area contributed by atoms with Crippen molar-refractivity contribution < 1.29 is 19.5 Å². The molecule has 0 saturated heterocycles. The number of fused-ring (bicyclic) bond motifs is 1. The Morgan fingerprint density at radius 2 is 1.74 bits per heavy atom. The van der Waals surface area contributed by atoms with Gasteiger partial charge in [0.1, 0.15) is 5.54 Å². The molecule has 184 valence electrons. The van der Waals surface area contributed by atoms with Crippen LogP contribution < -0.4 is 16.0 Å². The molecule has 35 heavy (non-hydrogen) atoms. The molecule has 0 fully saturated rings.